The second-order valence-electron chi connectivity index (χ2n) is 5.48. The van der Waals surface area contributed by atoms with Crippen LogP contribution in [0.2, 0.25) is 5.02 Å². The first kappa shape index (κ1) is 17.5. The molecule has 0 fully saturated rings. The molecule has 0 aromatic heterocycles. The Labute approximate surface area is 138 Å². The number of hydrogen-bond donors (Lipinski definition) is 0. The van der Waals surface area contributed by atoms with E-state index in [1.165, 1.54) is 6.07 Å². The minimum atomic E-state index is -4.52. The molecule has 124 valence electrons. The molecule has 0 amide bonds. The molecule has 1 atom stereocenters. The van der Waals surface area contributed by atoms with E-state index in [1.54, 1.807) is 18.0 Å². The molecule has 1 aromatic carbocycles. The molecule has 23 heavy (non-hydrogen) atoms. The molecule has 0 N–H and O–H groups in total. The fourth-order valence-electron chi connectivity index (χ4n) is 2.49. The number of hydrazone groups is 1. The molecule has 1 heterocycles. The predicted octanol–water partition coefficient (Wildman–Crippen LogP) is 5.74. The van der Waals surface area contributed by atoms with Crippen LogP contribution in [0.5, 0.6) is 0 Å². The van der Waals surface area contributed by atoms with Crippen molar-refractivity contribution in [3.05, 3.63) is 40.9 Å². The third-order valence-electron chi connectivity index (χ3n) is 3.39. The van der Waals surface area contributed by atoms with Crippen LogP contribution in [0.1, 0.15) is 44.4 Å². The molecule has 1 aliphatic rings. The van der Waals surface area contributed by atoms with Crippen LogP contribution < -0.4 is 0 Å². The van der Waals surface area contributed by atoms with Gasteiger partial charge >= 0.3 is 6.18 Å². The van der Waals surface area contributed by atoms with E-state index in [-0.39, 0.29) is 5.02 Å². The number of hydrogen-bond acceptors (Lipinski definition) is 3. The van der Waals surface area contributed by atoms with Crippen molar-refractivity contribution < 1.29 is 13.2 Å². The number of rotatable bonds is 3. The summed E-state index contributed by atoms with van der Waals surface area (Å²) in [7, 11) is 0. The second kappa shape index (κ2) is 6.35. The molecule has 0 saturated heterocycles. The van der Waals surface area contributed by atoms with E-state index in [9.17, 15) is 13.2 Å². The number of nitrogens with zero attached hydrogens (tertiary/aromatic N) is 3. The fourth-order valence-corrected chi connectivity index (χ4v) is 2.75. The van der Waals surface area contributed by atoms with Crippen LogP contribution in [0.25, 0.3) is 0 Å². The number of fused-ring (bicyclic) bond motifs is 1. The Balaban J connectivity index is 2.66. The largest absolute Gasteiger partial charge is 0.417 e. The van der Waals surface area contributed by atoms with E-state index in [0.717, 1.165) is 11.8 Å². The molecule has 0 spiro atoms. The van der Waals surface area contributed by atoms with E-state index in [4.69, 9.17) is 11.6 Å². The Morgan fingerprint density at radius 1 is 1.43 bits per heavy atom. The first-order chi connectivity index (χ1) is 10.6. The summed E-state index contributed by atoms with van der Waals surface area (Å²) in [5.74, 6) is 0.598. The van der Waals surface area contributed by atoms with Crippen LogP contribution in [-0.4, -0.2) is 16.6 Å². The lowest BCUT2D eigenvalue weighted by atomic mass is 9.96. The van der Waals surface area contributed by atoms with Gasteiger partial charge in [-0.1, -0.05) is 17.7 Å². The summed E-state index contributed by atoms with van der Waals surface area (Å²) in [6.45, 7) is 9.09. The molecule has 0 aliphatic carbocycles. The van der Waals surface area contributed by atoms with Crippen molar-refractivity contribution in [2.75, 3.05) is 0 Å². The lowest BCUT2D eigenvalue weighted by Gasteiger charge is -2.34. The maximum absolute atomic E-state index is 13.1. The van der Waals surface area contributed by atoms with Crippen molar-refractivity contribution in [3.8, 4) is 0 Å². The van der Waals surface area contributed by atoms with Crippen molar-refractivity contribution in [1.29, 1.82) is 0 Å². The van der Waals surface area contributed by atoms with Gasteiger partial charge in [-0.15, -0.1) is 6.58 Å². The summed E-state index contributed by atoms with van der Waals surface area (Å²) < 4.78 is 39.4. The van der Waals surface area contributed by atoms with E-state index in [2.05, 4.69) is 16.7 Å². The van der Waals surface area contributed by atoms with E-state index in [1.807, 2.05) is 13.8 Å². The minimum Gasteiger partial charge on any atom is -0.244 e. The van der Waals surface area contributed by atoms with Gasteiger partial charge in [0.1, 0.15) is 5.84 Å². The predicted molar refractivity (Wildman–Crippen MR) is 87.4 cm³/mol. The second-order valence-corrected chi connectivity index (χ2v) is 5.89. The summed E-state index contributed by atoms with van der Waals surface area (Å²) in [5, 5.41) is 5.67. The molecule has 7 heteroatoms. The molecule has 2 rings (SSSR count). The van der Waals surface area contributed by atoms with Crippen LogP contribution in [0.4, 0.5) is 18.9 Å². The van der Waals surface area contributed by atoms with Crippen molar-refractivity contribution in [2.45, 2.75) is 39.4 Å². The molecule has 0 radical (unpaired) electrons. The summed E-state index contributed by atoms with van der Waals surface area (Å²) in [6.07, 6.45) is -2.42. The van der Waals surface area contributed by atoms with E-state index >= 15 is 0 Å². The van der Waals surface area contributed by atoms with Crippen LogP contribution >= 0.6 is 11.6 Å². The standard InChI is InChI=1S/C16H17ClF3N3/c1-5-6-15-11-7-12(16(18,19)20)13(17)8-14(11)21-10(4)23(15)22-9(2)3/h5,7-8,15H,1,6H2,2-4H3. The van der Waals surface area contributed by atoms with Crippen molar-refractivity contribution >= 4 is 28.8 Å². The summed E-state index contributed by atoms with van der Waals surface area (Å²) in [5.41, 5.74) is 0.797. The van der Waals surface area contributed by atoms with Crippen LogP contribution in [0, 0.1) is 0 Å². The molecule has 1 unspecified atom stereocenters. The van der Waals surface area contributed by atoms with Gasteiger partial charge in [0.15, 0.2) is 0 Å². The number of alkyl halides is 3. The zero-order valence-electron chi connectivity index (χ0n) is 13.1. The number of halogens is 4. The van der Waals surface area contributed by atoms with Gasteiger partial charge in [0.2, 0.25) is 0 Å². The Hall–Kier alpha value is -1.82. The zero-order valence-corrected chi connectivity index (χ0v) is 13.8. The van der Waals surface area contributed by atoms with Crippen molar-refractivity contribution in [2.24, 2.45) is 10.1 Å². The number of aliphatic imine (C=N–C) groups is 1. The molecular weight excluding hydrogens is 327 g/mol. The quantitative estimate of drug-likeness (QED) is 0.508. The first-order valence-corrected chi connectivity index (χ1v) is 7.40. The maximum atomic E-state index is 13.1. The molecular formula is C16H17ClF3N3. The maximum Gasteiger partial charge on any atom is 0.417 e. The van der Waals surface area contributed by atoms with Gasteiger partial charge in [-0.3, -0.25) is 0 Å². The van der Waals surface area contributed by atoms with Gasteiger partial charge in [0.25, 0.3) is 0 Å². The normalized spacial score (nSPS) is 17.4. The van der Waals surface area contributed by atoms with Gasteiger partial charge in [0.05, 0.1) is 22.3 Å². The van der Waals surface area contributed by atoms with Crippen molar-refractivity contribution in [1.82, 2.24) is 5.01 Å². The zero-order chi connectivity index (χ0) is 17.4. The third-order valence-corrected chi connectivity index (χ3v) is 3.70. The average Bonchev–Trinajstić information content (AvgIpc) is 2.40. The number of amidine groups is 1. The monoisotopic (exact) mass is 343 g/mol. The Morgan fingerprint density at radius 3 is 2.61 bits per heavy atom. The Kier molecular flexibility index (Phi) is 4.84. The van der Waals surface area contributed by atoms with Crippen LogP contribution in [-0.2, 0) is 6.18 Å². The van der Waals surface area contributed by atoms with E-state index < -0.39 is 17.8 Å². The highest BCUT2D eigenvalue weighted by Gasteiger charge is 2.37. The topological polar surface area (TPSA) is 28.0 Å². The Bertz CT molecular complexity index is 689. The van der Waals surface area contributed by atoms with Gasteiger partial charge in [0, 0.05) is 11.3 Å². The highest BCUT2D eigenvalue weighted by Crippen LogP contribution is 2.44. The van der Waals surface area contributed by atoms with Crippen LogP contribution in [0.3, 0.4) is 0 Å². The molecule has 3 nitrogen and oxygen atoms in total. The summed E-state index contributed by atoms with van der Waals surface area (Å²) in [4.78, 5) is 4.35. The third kappa shape index (κ3) is 3.58. The smallest absolute Gasteiger partial charge is 0.244 e. The van der Waals surface area contributed by atoms with Gasteiger partial charge in [-0.25, -0.2) is 10.0 Å². The van der Waals surface area contributed by atoms with Gasteiger partial charge in [-0.2, -0.15) is 18.3 Å². The molecule has 0 bridgehead atoms. The number of benzene rings is 1. The minimum absolute atomic E-state index is 0.353. The fraction of sp³-hybridized carbons (Fsp3) is 0.375. The van der Waals surface area contributed by atoms with E-state index in [0.29, 0.717) is 23.5 Å². The van der Waals surface area contributed by atoms with Gasteiger partial charge in [-0.05, 0) is 39.3 Å². The first-order valence-electron chi connectivity index (χ1n) is 7.03. The van der Waals surface area contributed by atoms with Crippen molar-refractivity contribution in [3.63, 3.8) is 0 Å². The summed E-state index contributed by atoms with van der Waals surface area (Å²) >= 11 is 5.79. The highest BCUT2D eigenvalue weighted by molar-refractivity contribution is 6.31. The molecule has 0 saturated carbocycles. The van der Waals surface area contributed by atoms with Gasteiger partial charge < -0.3 is 0 Å². The van der Waals surface area contributed by atoms with Crippen LogP contribution in [0.15, 0.2) is 34.9 Å². The SMILES string of the molecule is C=CCC1c2cc(C(F)(F)F)c(Cl)cc2N=C(C)N1N=C(C)C. The highest BCUT2D eigenvalue weighted by atomic mass is 35.5. The molecule has 1 aromatic rings. The Morgan fingerprint density at radius 2 is 2.09 bits per heavy atom. The molecule has 1 aliphatic heterocycles. The lowest BCUT2D eigenvalue weighted by Crippen LogP contribution is -2.32. The lowest BCUT2D eigenvalue weighted by molar-refractivity contribution is -0.137. The summed E-state index contributed by atoms with van der Waals surface area (Å²) in [6, 6.07) is 1.93. The average molecular weight is 344 g/mol.